The van der Waals surface area contributed by atoms with Gasteiger partial charge in [-0.25, -0.2) is 39.9 Å². The molecule has 6 aromatic heterocycles. The number of aryl methyl sites for hydroxylation is 1. The summed E-state index contributed by atoms with van der Waals surface area (Å²) >= 11 is 13.0. The van der Waals surface area contributed by atoms with Crippen LogP contribution in [0.1, 0.15) is 51.4 Å². The molecule has 0 amide bonds. The highest BCUT2D eigenvalue weighted by Crippen LogP contribution is 2.24. The molecule has 73 heavy (non-hydrogen) atoms. The fourth-order valence-corrected chi connectivity index (χ4v) is 8.67. The maximum atomic E-state index is 8.73. The van der Waals surface area contributed by atoms with E-state index in [4.69, 9.17) is 24.2 Å². The Labute approximate surface area is 456 Å². The van der Waals surface area contributed by atoms with Gasteiger partial charge in [0.2, 0.25) is 23.5 Å². The monoisotopic (exact) mass is 1260 g/mol. The van der Waals surface area contributed by atoms with Gasteiger partial charge >= 0.3 is 0 Å². The van der Waals surface area contributed by atoms with Crippen LogP contribution >= 0.6 is 63.7 Å². The van der Waals surface area contributed by atoms with Crippen molar-refractivity contribution < 1.29 is 18.9 Å². The van der Waals surface area contributed by atoms with Gasteiger partial charge in [-0.2, -0.15) is 15.3 Å². The minimum Gasteiger partial charge on any atom is -0.476 e. The second-order valence-electron chi connectivity index (χ2n) is 17.3. The fraction of sp³-hybridized carbons (Fsp3) is 0.568. The number of rotatable bonds is 14. The highest BCUT2D eigenvalue weighted by Gasteiger charge is 2.24. The van der Waals surface area contributed by atoms with Gasteiger partial charge in [0.15, 0.2) is 6.19 Å². The van der Waals surface area contributed by atoms with Crippen LogP contribution in [0.5, 0.6) is 23.5 Å². The molecule has 390 valence electrons. The Kier molecular flexibility index (Phi) is 22.6. The van der Waals surface area contributed by atoms with Crippen LogP contribution in [0.15, 0.2) is 68.0 Å². The number of piperidine rings is 4. The summed E-state index contributed by atoms with van der Waals surface area (Å²) < 4.78 is 25.3. The third kappa shape index (κ3) is 19.7. The molecule has 4 fully saturated rings. The summed E-state index contributed by atoms with van der Waals surface area (Å²) in [7, 11) is 1.77. The van der Waals surface area contributed by atoms with Crippen molar-refractivity contribution in [3.8, 4) is 29.7 Å². The molecule has 0 spiro atoms. The van der Waals surface area contributed by atoms with Crippen molar-refractivity contribution >= 4 is 75.6 Å². The van der Waals surface area contributed by atoms with Crippen molar-refractivity contribution in [3.05, 3.63) is 68.0 Å². The van der Waals surface area contributed by atoms with E-state index in [2.05, 4.69) is 161 Å². The zero-order chi connectivity index (χ0) is 51.0. The van der Waals surface area contributed by atoms with Crippen molar-refractivity contribution in [1.82, 2.24) is 90.9 Å². The molecule has 10 heterocycles. The molecule has 0 saturated carbocycles. The molecule has 0 bridgehead atoms. The molecule has 2 N–H and O–H groups in total. The van der Waals surface area contributed by atoms with E-state index < -0.39 is 0 Å². The van der Waals surface area contributed by atoms with Gasteiger partial charge in [0, 0.05) is 39.3 Å². The van der Waals surface area contributed by atoms with Crippen molar-refractivity contribution in [2.75, 3.05) is 88.6 Å². The van der Waals surface area contributed by atoms with E-state index in [1.54, 1.807) is 61.5 Å². The van der Waals surface area contributed by atoms with Crippen LogP contribution in [0, 0.1) is 35.1 Å². The summed E-state index contributed by atoms with van der Waals surface area (Å²) in [6, 6.07) is 0. The number of nitrogens with one attached hydrogen (secondary N) is 2. The number of hydrogen-bond acceptors (Lipinski definition) is 23. The molecule has 0 aromatic carbocycles. The molecule has 4 saturated heterocycles. The zero-order valence-electron chi connectivity index (χ0n) is 40.2. The van der Waals surface area contributed by atoms with Crippen LogP contribution in [0.2, 0.25) is 0 Å². The lowest BCUT2D eigenvalue weighted by molar-refractivity contribution is 0.171. The molecule has 4 aliphatic heterocycles. The van der Waals surface area contributed by atoms with E-state index in [9.17, 15) is 0 Å². The maximum Gasteiger partial charge on any atom is 0.266 e. The smallest absolute Gasteiger partial charge is 0.266 e. The SMILES string of the molecule is Brc1cnc(OCC2CCN(c3nn[nH]n3)CC2)cn1.Brc1cnc(OCC2CCNCC2)cn1.Cn1nnc(N2CCC(COc3cnc(Br)cn3)CC2)n1.N#CN1CCC(COc2cnc(Br)cn2)CC1. The lowest BCUT2D eigenvalue weighted by Gasteiger charge is -2.30. The van der Waals surface area contributed by atoms with Gasteiger partial charge in [-0.05, 0) is 162 Å². The van der Waals surface area contributed by atoms with Crippen molar-refractivity contribution in [2.24, 2.45) is 30.7 Å². The predicted molar refractivity (Wildman–Crippen MR) is 279 cm³/mol. The summed E-state index contributed by atoms with van der Waals surface area (Å²) in [4.78, 5) is 40.3. The molecular weight excluding hydrogens is 1210 g/mol. The highest BCUT2D eigenvalue weighted by atomic mass is 79.9. The number of aromatic amines is 1. The van der Waals surface area contributed by atoms with Crippen molar-refractivity contribution in [3.63, 3.8) is 0 Å². The summed E-state index contributed by atoms with van der Waals surface area (Å²) in [5.74, 6) is 5.85. The third-order valence-electron chi connectivity index (χ3n) is 12.1. The van der Waals surface area contributed by atoms with E-state index in [-0.39, 0.29) is 0 Å². The van der Waals surface area contributed by atoms with Gasteiger partial charge in [0.05, 0.1) is 83.0 Å². The number of tetrazole rings is 2. The van der Waals surface area contributed by atoms with E-state index in [1.807, 2.05) is 0 Å². The Morgan fingerprint density at radius 3 is 1.23 bits per heavy atom. The summed E-state index contributed by atoms with van der Waals surface area (Å²) in [5, 5.41) is 38.2. The fourth-order valence-electron chi connectivity index (χ4n) is 7.85. The molecular formula is C44H57Br4N21O4. The van der Waals surface area contributed by atoms with E-state index in [0.717, 1.165) is 102 Å². The Morgan fingerprint density at radius 1 is 0.521 bits per heavy atom. The lowest BCUT2D eigenvalue weighted by atomic mass is 9.98. The van der Waals surface area contributed by atoms with Crippen molar-refractivity contribution in [2.45, 2.75) is 51.4 Å². The Bertz CT molecular complexity index is 2490. The molecule has 29 heteroatoms. The zero-order valence-corrected chi connectivity index (χ0v) is 46.6. The summed E-state index contributed by atoms with van der Waals surface area (Å²) in [5.41, 5.74) is 0. The first kappa shape index (κ1) is 55.2. The second kappa shape index (κ2) is 30.0. The molecule has 10 rings (SSSR count). The van der Waals surface area contributed by atoms with Crippen LogP contribution in [0.3, 0.4) is 0 Å². The number of halogens is 4. The van der Waals surface area contributed by atoms with Crippen LogP contribution in [-0.4, -0.2) is 164 Å². The Hall–Kier alpha value is -5.57. The summed E-state index contributed by atoms with van der Waals surface area (Å²) in [6.07, 6.45) is 23.7. The third-order valence-corrected chi connectivity index (χ3v) is 13.7. The quantitative estimate of drug-likeness (QED) is 0.127. The molecule has 0 atom stereocenters. The van der Waals surface area contributed by atoms with Crippen LogP contribution in [0.25, 0.3) is 0 Å². The minimum absolute atomic E-state index is 0.505. The molecule has 0 unspecified atom stereocenters. The number of anilines is 2. The van der Waals surface area contributed by atoms with Crippen LogP contribution in [0.4, 0.5) is 11.9 Å². The predicted octanol–water partition coefficient (Wildman–Crippen LogP) is 5.53. The first-order valence-electron chi connectivity index (χ1n) is 23.9. The van der Waals surface area contributed by atoms with Crippen molar-refractivity contribution in [1.29, 1.82) is 5.26 Å². The van der Waals surface area contributed by atoms with E-state index in [0.29, 0.717) is 92.7 Å². The van der Waals surface area contributed by atoms with Gasteiger partial charge in [0.25, 0.3) is 11.9 Å². The number of ether oxygens (including phenoxy) is 4. The number of likely N-dealkylation sites (tertiary alicyclic amines) is 1. The normalized spacial score (nSPS) is 16.6. The van der Waals surface area contributed by atoms with Gasteiger partial charge in [-0.3, -0.25) is 0 Å². The van der Waals surface area contributed by atoms with Gasteiger partial charge in [-0.15, -0.1) is 10.2 Å². The van der Waals surface area contributed by atoms with Gasteiger partial charge in [-0.1, -0.05) is 10.2 Å². The van der Waals surface area contributed by atoms with E-state index in [1.165, 1.54) is 17.6 Å². The first-order chi connectivity index (χ1) is 35.6. The average molecular weight is 1260 g/mol. The van der Waals surface area contributed by atoms with E-state index >= 15 is 0 Å². The number of aromatic nitrogens is 16. The van der Waals surface area contributed by atoms with Crippen LogP contribution in [-0.2, 0) is 7.05 Å². The van der Waals surface area contributed by atoms with Gasteiger partial charge < -0.3 is 39.0 Å². The first-order valence-corrected chi connectivity index (χ1v) is 27.0. The Balaban J connectivity index is 0.000000144. The lowest BCUT2D eigenvalue weighted by Crippen LogP contribution is -2.36. The van der Waals surface area contributed by atoms with Crippen LogP contribution < -0.4 is 34.1 Å². The molecule has 0 radical (unpaired) electrons. The average Bonchev–Trinajstić information content (AvgIpc) is 4.15. The Morgan fingerprint density at radius 2 is 0.904 bits per heavy atom. The molecule has 25 nitrogen and oxygen atoms in total. The standard InChI is InChI=1S/C12H16BrN7O.C11H14BrN7O.C11H13BrN4O.C10H14BrN3O/c1-19-17-12(16-18-19)20-4-2-9(3-5-20)8-21-11-7-14-10(13)6-15-11;12-9-5-14-10(6-13-9)20-7-8-1-3-19(4-2-8)11-15-17-18-16-11;12-10-5-15-11(6-14-10)17-7-9-1-3-16(8-13)4-2-9;11-9-5-14-10(6-13-9)15-7-8-1-3-12-4-2-8/h6-7,9H,2-5,8H2,1H3;5-6,8H,1-4,7H2,(H,15,16,17,18);5-6,9H,1-4,7H2;5-6,8,12H,1-4,7H2. The largest absolute Gasteiger partial charge is 0.476 e. The number of nitrogens with zero attached hydrogens (tertiary/aromatic N) is 19. The molecule has 6 aromatic rings. The number of nitriles is 1. The molecule has 4 aliphatic rings. The number of hydrogen-bond donors (Lipinski definition) is 2. The second-order valence-corrected chi connectivity index (χ2v) is 20.6. The highest BCUT2D eigenvalue weighted by molar-refractivity contribution is 9.11. The number of H-pyrrole nitrogens is 1. The maximum absolute atomic E-state index is 8.73. The topological polar surface area (TPSA) is 284 Å². The minimum atomic E-state index is 0.505. The molecule has 0 aliphatic carbocycles. The summed E-state index contributed by atoms with van der Waals surface area (Å²) in [6.45, 7) is 10.3. The van der Waals surface area contributed by atoms with Gasteiger partial charge in [0.1, 0.15) is 18.4 Å².